The number of piperidine rings is 1. The predicted octanol–water partition coefficient (Wildman–Crippen LogP) is 2.49. The Balaban J connectivity index is 1.70. The summed E-state index contributed by atoms with van der Waals surface area (Å²) >= 11 is 0. The zero-order valence-corrected chi connectivity index (χ0v) is 13.5. The first-order valence-electron chi connectivity index (χ1n) is 8.43. The number of nitrogens with zero attached hydrogens (tertiary/aromatic N) is 1. The van der Waals surface area contributed by atoms with Gasteiger partial charge in [0.25, 0.3) is 0 Å². The molecule has 1 unspecified atom stereocenters. The number of rotatable bonds is 7. The molecule has 0 spiro atoms. The van der Waals surface area contributed by atoms with Crippen LogP contribution in [0, 0.1) is 0 Å². The Morgan fingerprint density at radius 3 is 2.64 bits per heavy atom. The minimum atomic E-state index is -0.717. The van der Waals surface area contributed by atoms with Crippen molar-refractivity contribution < 1.29 is 9.90 Å². The van der Waals surface area contributed by atoms with E-state index in [1.54, 1.807) is 0 Å². The van der Waals surface area contributed by atoms with Gasteiger partial charge in [-0.1, -0.05) is 43.7 Å². The van der Waals surface area contributed by atoms with Gasteiger partial charge in [-0.25, -0.2) is 0 Å². The number of hydrogen-bond donors (Lipinski definition) is 2. The lowest BCUT2D eigenvalue weighted by Crippen LogP contribution is -2.45. The van der Waals surface area contributed by atoms with E-state index in [2.05, 4.69) is 17.1 Å². The van der Waals surface area contributed by atoms with Crippen molar-refractivity contribution in [3.05, 3.63) is 35.9 Å². The average Bonchev–Trinajstić information content (AvgIpc) is 2.55. The Morgan fingerprint density at radius 2 is 2.00 bits per heavy atom. The molecule has 1 aliphatic heterocycles. The second kappa shape index (κ2) is 8.91. The summed E-state index contributed by atoms with van der Waals surface area (Å²) in [6.45, 7) is 5.51. The fraction of sp³-hybridized carbons (Fsp3) is 0.611. The first-order valence-corrected chi connectivity index (χ1v) is 8.43. The molecule has 0 aromatic heterocycles. The number of benzene rings is 1. The molecule has 2 N–H and O–H groups in total. The van der Waals surface area contributed by atoms with Gasteiger partial charge in [-0.2, -0.15) is 0 Å². The van der Waals surface area contributed by atoms with E-state index in [4.69, 9.17) is 0 Å². The van der Waals surface area contributed by atoms with E-state index in [1.165, 1.54) is 19.4 Å². The van der Waals surface area contributed by atoms with E-state index in [0.29, 0.717) is 0 Å². The second-order valence-electron chi connectivity index (χ2n) is 6.17. The lowest BCUT2D eigenvalue weighted by atomic mass is 10.0. The minimum Gasteiger partial charge on any atom is -0.388 e. The van der Waals surface area contributed by atoms with Crippen molar-refractivity contribution in [2.45, 2.75) is 51.2 Å². The molecule has 2 rings (SSSR count). The van der Waals surface area contributed by atoms with Crippen LogP contribution in [-0.4, -0.2) is 41.6 Å². The summed E-state index contributed by atoms with van der Waals surface area (Å²) in [7, 11) is 0. The molecule has 0 radical (unpaired) electrons. The van der Waals surface area contributed by atoms with Crippen molar-refractivity contribution in [3.63, 3.8) is 0 Å². The lowest BCUT2D eigenvalue weighted by molar-refractivity contribution is -0.124. The van der Waals surface area contributed by atoms with Gasteiger partial charge < -0.3 is 15.3 Å². The second-order valence-corrected chi connectivity index (χ2v) is 6.17. The highest BCUT2D eigenvalue weighted by molar-refractivity contribution is 5.77. The molecule has 1 fully saturated rings. The van der Waals surface area contributed by atoms with Crippen LogP contribution in [0.1, 0.15) is 50.7 Å². The predicted molar refractivity (Wildman–Crippen MR) is 88.5 cm³/mol. The fourth-order valence-electron chi connectivity index (χ4n) is 2.94. The van der Waals surface area contributed by atoms with Crippen LogP contribution in [0.25, 0.3) is 0 Å². The van der Waals surface area contributed by atoms with Gasteiger partial charge in [0.15, 0.2) is 0 Å². The average molecular weight is 304 g/mol. The molecule has 122 valence electrons. The van der Waals surface area contributed by atoms with Gasteiger partial charge in [-0.05, 0) is 31.4 Å². The Bertz CT molecular complexity index is 442. The zero-order chi connectivity index (χ0) is 15.8. The van der Waals surface area contributed by atoms with E-state index >= 15 is 0 Å². The topological polar surface area (TPSA) is 52.6 Å². The van der Waals surface area contributed by atoms with Crippen LogP contribution in [0.2, 0.25) is 0 Å². The van der Waals surface area contributed by atoms with E-state index in [1.807, 2.05) is 30.3 Å². The van der Waals surface area contributed by atoms with Crippen LogP contribution in [0.15, 0.2) is 30.3 Å². The van der Waals surface area contributed by atoms with E-state index in [0.717, 1.165) is 31.5 Å². The molecule has 0 aliphatic carbocycles. The molecular formula is C18H28N2O2. The third-order valence-electron chi connectivity index (χ3n) is 4.34. The number of aliphatic hydroxyl groups excluding tert-OH is 1. The Hall–Kier alpha value is -1.39. The normalized spacial score (nSPS) is 18.1. The molecule has 1 aliphatic rings. The summed E-state index contributed by atoms with van der Waals surface area (Å²) in [4.78, 5) is 14.5. The maximum absolute atomic E-state index is 12.1. The zero-order valence-electron chi connectivity index (χ0n) is 13.5. The smallest absolute Gasteiger partial charge is 0.223 e. The molecule has 1 saturated heterocycles. The highest BCUT2D eigenvalue weighted by atomic mass is 16.3. The van der Waals surface area contributed by atoms with E-state index in [-0.39, 0.29) is 18.4 Å². The molecule has 1 aromatic rings. The highest BCUT2D eigenvalue weighted by Crippen LogP contribution is 2.17. The van der Waals surface area contributed by atoms with E-state index < -0.39 is 6.10 Å². The first-order chi connectivity index (χ1) is 10.7. The number of amides is 1. The van der Waals surface area contributed by atoms with Gasteiger partial charge in [0.1, 0.15) is 0 Å². The Labute approximate surface area is 133 Å². The van der Waals surface area contributed by atoms with Gasteiger partial charge in [0.2, 0.25) is 5.91 Å². The van der Waals surface area contributed by atoms with Crippen LogP contribution in [0.5, 0.6) is 0 Å². The number of likely N-dealkylation sites (tertiary alicyclic amines) is 1. The number of hydrogen-bond acceptors (Lipinski definition) is 3. The lowest BCUT2D eigenvalue weighted by Gasteiger charge is -2.32. The number of carbonyl (C=O) groups is 1. The monoisotopic (exact) mass is 304 g/mol. The van der Waals surface area contributed by atoms with Gasteiger partial charge >= 0.3 is 0 Å². The molecule has 4 nitrogen and oxygen atoms in total. The van der Waals surface area contributed by atoms with Crippen molar-refractivity contribution in [2.24, 2.45) is 0 Å². The Morgan fingerprint density at radius 1 is 1.32 bits per heavy atom. The summed E-state index contributed by atoms with van der Waals surface area (Å²) in [6, 6.07) is 9.62. The molecule has 1 heterocycles. The number of nitrogens with one attached hydrogen (secondary N) is 1. The minimum absolute atomic E-state index is 0.0524. The van der Waals surface area contributed by atoms with Crippen molar-refractivity contribution in [1.29, 1.82) is 0 Å². The van der Waals surface area contributed by atoms with Crippen molar-refractivity contribution >= 4 is 5.91 Å². The summed E-state index contributed by atoms with van der Waals surface area (Å²) in [6.07, 6.45) is 3.92. The standard InChI is InChI=1S/C18H28N2O2/c1-2-3-11-20-12-9-16(10-13-20)19-18(22)14-17(21)15-7-5-4-6-8-15/h4-8,16-17,21H,2-3,9-14H2,1H3,(H,19,22). The highest BCUT2D eigenvalue weighted by Gasteiger charge is 2.21. The fourth-order valence-corrected chi connectivity index (χ4v) is 2.94. The summed E-state index contributed by atoms with van der Waals surface area (Å²) in [5, 5.41) is 13.2. The molecule has 1 amide bonds. The largest absolute Gasteiger partial charge is 0.388 e. The van der Waals surface area contributed by atoms with Gasteiger partial charge in [0, 0.05) is 19.1 Å². The molecule has 22 heavy (non-hydrogen) atoms. The van der Waals surface area contributed by atoms with Gasteiger partial charge in [0.05, 0.1) is 12.5 Å². The quantitative estimate of drug-likeness (QED) is 0.814. The molecule has 0 bridgehead atoms. The number of unbranched alkanes of at least 4 members (excludes halogenated alkanes) is 1. The third-order valence-corrected chi connectivity index (χ3v) is 4.34. The summed E-state index contributed by atoms with van der Waals surface area (Å²) in [5.74, 6) is -0.0524. The summed E-state index contributed by atoms with van der Waals surface area (Å²) < 4.78 is 0. The molecule has 1 atom stereocenters. The van der Waals surface area contributed by atoms with Crippen molar-refractivity contribution in [3.8, 4) is 0 Å². The SMILES string of the molecule is CCCCN1CCC(NC(=O)CC(O)c2ccccc2)CC1. The number of aliphatic hydroxyl groups is 1. The maximum atomic E-state index is 12.1. The molecule has 4 heteroatoms. The van der Waals surface area contributed by atoms with Gasteiger partial charge in [-0.15, -0.1) is 0 Å². The van der Waals surface area contributed by atoms with Gasteiger partial charge in [-0.3, -0.25) is 4.79 Å². The Kier molecular flexibility index (Phi) is 6.87. The third kappa shape index (κ3) is 5.43. The van der Waals surface area contributed by atoms with E-state index in [9.17, 15) is 9.90 Å². The van der Waals surface area contributed by atoms with Crippen LogP contribution >= 0.6 is 0 Å². The van der Waals surface area contributed by atoms with Crippen LogP contribution < -0.4 is 5.32 Å². The van der Waals surface area contributed by atoms with Crippen molar-refractivity contribution in [2.75, 3.05) is 19.6 Å². The molecular weight excluding hydrogens is 276 g/mol. The van der Waals surface area contributed by atoms with Crippen LogP contribution in [-0.2, 0) is 4.79 Å². The van der Waals surface area contributed by atoms with Crippen LogP contribution in [0.4, 0.5) is 0 Å². The number of carbonyl (C=O) groups excluding carboxylic acids is 1. The summed E-state index contributed by atoms with van der Waals surface area (Å²) in [5.41, 5.74) is 0.798. The molecule has 1 aromatic carbocycles. The first kappa shape index (κ1) is 17.0. The molecule has 0 saturated carbocycles. The maximum Gasteiger partial charge on any atom is 0.223 e. The van der Waals surface area contributed by atoms with Crippen LogP contribution in [0.3, 0.4) is 0 Å². The van der Waals surface area contributed by atoms with Crippen molar-refractivity contribution in [1.82, 2.24) is 10.2 Å².